The van der Waals surface area contributed by atoms with Crippen molar-refractivity contribution in [1.29, 1.82) is 0 Å². The number of hydrogen-bond donors (Lipinski definition) is 5. The highest BCUT2D eigenvalue weighted by Crippen LogP contribution is 2.31. The SMILES string of the molecule is CC(C)(C)c1cc(COCCN)cc(OC(F)(F)F)c1.CC(C)(C)c1cc2cn(-c3ccc(CNCCCN=C(N)N)cc3)c(=O)nc2[nH]1. The second-order valence-corrected chi connectivity index (χ2v) is 13.6. The lowest BCUT2D eigenvalue weighted by Crippen LogP contribution is -2.23. The molecular formula is C35H49F3N8O3. The number of halogens is 3. The topological polar surface area (TPSA) is 172 Å². The van der Waals surface area contributed by atoms with Crippen LogP contribution in [0.5, 0.6) is 5.75 Å². The standard InChI is InChI=1S/C21H29N7O.C14H20F3NO2/c1-21(2,3)17-11-15-13-28(20(29)27-18(15)26-17)16-7-5-14(6-8-16)12-24-9-4-10-25-19(22)23;1-13(2,3)11-6-10(9-19-5-4-18)7-12(8-11)20-14(15,16)17/h5-8,11,13,24H,4,9-10,12H2,1-3H3,(H4,22,23,25)(H,26,27,29);6-8H,4-5,9,18H2,1-3H3. The van der Waals surface area contributed by atoms with Gasteiger partial charge in [0.25, 0.3) is 0 Å². The molecule has 0 saturated carbocycles. The van der Waals surface area contributed by atoms with Crippen LogP contribution in [0.4, 0.5) is 13.2 Å². The van der Waals surface area contributed by atoms with Gasteiger partial charge in [-0.1, -0.05) is 59.7 Å². The van der Waals surface area contributed by atoms with Gasteiger partial charge in [0.1, 0.15) is 11.4 Å². The molecule has 4 rings (SSSR count). The van der Waals surface area contributed by atoms with Crippen LogP contribution in [0.3, 0.4) is 0 Å². The predicted molar refractivity (Wildman–Crippen MR) is 188 cm³/mol. The van der Waals surface area contributed by atoms with E-state index in [1.165, 1.54) is 12.1 Å². The Morgan fingerprint density at radius 2 is 1.67 bits per heavy atom. The normalized spacial score (nSPS) is 12.0. The van der Waals surface area contributed by atoms with Gasteiger partial charge in [0.2, 0.25) is 0 Å². The summed E-state index contributed by atoms with van der Waals surface area (Å²) in [5.41, 5.74) is 20.3. The van der Waals surface area contributed by atoms with Crippen LogP contribution in [0.1, 0.15) is 70.3 Å². The van der Waals surface area contributed by atoms with E-state index >= 15 is 0 Å². The van der Waals surface area contributed by atoms with Crippen molar-refractivity contribution >= 4 is 17.0 Å². The summed E-state index contributed by atoms with van der Waals surface area (Å²) >= 11 is 0. The largest absolute Gasteiger partial charge is 0.573 e. The van der Waals surface area contributed by atoms with E-state index in [9.17, 15) is 18.0 Å². The molecule has 0 fully saturated rings. The number of aliphatic imine (C=N–C) groups is 1. The highest BCUT2D eigenvalue weighted by atomic mass is 19.4. The second-order valence-electron chi connectivity index (χ2n) is 13.6. The lowest BCUT2D eigenvalue weighted by molar-refractivity contribution is -0.274. The zero-order valence-electron chi connectivity index (χ0n) is 29.1. The van der Waals surface area contributed by atoms with Gasteiger partial charge in [-0.25, -0.2) is 4.79 Å². The van der Waals surface area contributed by atoms with Crippen molar-refractivity contribution in [2.75, 3.05) is 26.2 Å². The zero-order valence-corrected chi connectivity index (χ0v) is 29.1. The van der Waals surface area contributed by atoms with Gasteiger partial charge in [-0.3, -0.25) is 9.56 Å². The highest BCUT2D eigenvalue weighted by Gasteiger charge is 2.32. The molecule has 2 aromatic carbocycles. The number of aromatic nitrogens is 3. The molecule has 0 radical (unpaired) electrons. The van der Waals surface area contributed by atoms with Crippen LogP contribution in [0.15, 0.2) is 64.5 Å². The summed E-state index contributed by atoms with van der Waals surface area (Å²) in [6, 6.07) is 14.5. The number of fused-ring (bicyclic) bond motifs is 1. The zero-order chi connectivity index (χ0) is 36.4. The van der Waals surface area contributed by atoms with Gasteiger partial charge in [-0.05, 0) is 65.4 Å². The third-order valence-corrected chi connectivity index (χ3v) is 7.26. The molecule has 2 heterocycles. The monoisotopic (exact) mass is 686 g/mol. The minimum atomic E-state index is -4.70. The van der Waals surface area contributed by atoms with Crippen molar-refractivity contribution in [3.05, 3.63) is 87.6 Å². The molecule has 2 aromatic heterocycles. The van der Waals surface area contributed by atoms with Gasteiger partial charge in [0.15, 0.2) is 5.96 Å². The highest BCUT2D eigenvalue weighted by molar-refractivity contribution is 5.76. The number of alkyl halides is 3. The first-order chi connectivity index (χ1) is 22.9. The van der Waals surface area contributed by atoms with E-state index in [0.29, 0.717) is 30.9 Å². The molecule has 11 nitrogen and oxygen atoms in total. The maximum atomic E-state index is 12.5. The van der Waals surface area contributed by atoms with Crippen molar-refractivity contribution < 1.29 is 22.6 Å². The Bertz CT molecular complexity index is 1730. The summed E-state index contributed by atoms with van der Waals surface area (Å²) in [4.78, 5) is 23.9. The smallest absolute Gasteiger partial charge is 0.406 e. The van der Waals surface area contributed by atoms with Crippen LogP contribution in [-0.2, 0) is 28.7 Å². The van der Waals surface area contributed by atoms with Gasteiger partial charge < -0.3 is 37.0 Å². The molecule has 49 heavy (non-hydrogen) atoms. The summed E-state index contributed by atoms with van der Waals surface area (Å²) in [6.07, 6.45) is -2.00. The van der Waals surface area contributed by atoms with Crippen molar-refractivity contribution in [1.82, 2.24) is 19.9 Å². The van der Waals surface area contributed by atoms with Crippen molar-refractivity contribution in [3.8, 4) is 11.4 Å². The van der Waals surface area contributed by atoms with Crippen molar-refractivity contribution in [3.63, 3.8) is 0 Å². The average Bonchev–Trinajstić information content (AvgIpc) is 3.41. The molecule has 4 aromatic rings. The van der Waals surface area contributed by atoms with E-state index < -0.39 is 6.36 Å². The third kappa shape index (κ3) is 12.9. The molecule has 8 N–H and O–H groups in total. The van der Waals surface area contributed by atoms with E-state index in [4.69, 9.17) is 21.9 Å². The van der Waals surface area contributed by atoms with Gasteiger partial charge in [0.05, 0.1) is 18.9 Å². The Balaban J connectivity index is 0.000000286. The Labute approximate surface area is 285 Å². The maximum Gasteiger partial charge on any atom is 0.573 e. The summed E-state index contributed by atoms with van der Waals surface area (Å²) < 4.78 is 47.9. The predicted octanol–water partition coefficient (Wildman–Crippen LogP) is 5.12. The molecule has 0 aliphatic rings. The van der Waals surface area contributed by atoms with Crippen LogP contribution < -0.4 is 32.9 Å². The number of ether oxygens (including phenoxy) is 2. The van der Waals surface area contributed by atoms with E-state index in [1.54, 1.807) is 4.57 Å². The Morgan fingerprint density at radius 1 is 0.980 bits per heavy atom. The van der Waals surface area contributed by atoms with E-state index in [-0.39, 0.29) is 34.8 Å². The maximum absolute atomic E-state index is 12.5. The first-order valence-electron chi connectivity index (χ1n) is 16.0. The number of benzene rings is 2. The molecule has 0 saturated heterocycles. The molecule has 0 aliphatic carbocycles. The lowest BCUT2D eigenvalue weighted by atomic mass is 9.86. The second kappa shape index (κ2) is 16.8. The van der Waals surface area contributed by atoms with Crippen LogP contribution in [0.25, 0.3) is 16.7 Å². The van der Waals surface area contributed by atoms with E-state index in [2.05, 4.69) is 51.9 Å². The molecule has 0 amide bonds. The number of nitrogens with one attached hydrogen (secondary N) is 2. The first-order valence-corrected chi connectivity index (χ1v) is 16.0. The number of guanidine groups is 1. The number of nitrogens with two attached hydrogens (primary N) is 3. The van der Waals surface area contributed by atoms with Crippen molar-refractivity contribution in [2.24, 2.45) is 22.2 Å². The average molecular weight is 687 g/mol. The minimum absolute atomic E-state index is 0.0352. The van der Waals surface area contributed by atoms with Crippen LogP contribution in [-0.4, -0.2) is 53.1 Å². The molecule has 0 aliphatic heterocycles. The summed E-state index contributed by atoms with van der Waals surface area (Å²) in [5.74, 6) is -0.103. The number of hydrogen-bond acceptors (Lipinski definition) is 7. The lowest BCUT2D eigenvalue weighted by Gasteiger charge is -2.21. The van der Waals surface area contributed by atoms with Gasteiger partial charge in [-0.2, -0.15) is 4.98 Å². The Kier molecular flexibility index (Phi) is 13.4. The molecule has 0 spiro atoms. The molecule has 0 atom stereocenters. The number of H-pyrrole nitrogens is 1. The van der Waals surface area contributed by atoms with Crippen LogP contribution in [0, 0.1) is 0 Å². The molecule has 0 unspecified atom stereocenters. The fourth-order valence-corrected chi connectivity index (χ4v) is 4.65. The molecule has 14 heteroatoms. The summed E-state index contributed by atoms with van der Waals surface area (Å²) in [7, 11) is 0. The van der Waals surface area contributed by atoms with Crippen LogP contribution in [0.2, 0.25) is 0 Å². The van der Waals surface area contributed by atoms with Crippen LogP contribution >= 0.6 is 0 Å². The van der Waals surface area contributed by atoms with Gasteiger partial charge in [-0.15, -0.1) is 13.2 Å². The minimum Gasteiger partial charge on any atom is -0.406 e. The number of nitrogens with zero attached hydrogens (tertiary/aromatic N) is 3. The number of rotatable bonds is 12. The Morgan fingerprint density at radius 3 is 2.27 bits per heavy atom. The van der Waals surface area contributed by atoms with E-state index in [0.717, 1.165) is 47.4 Å². The quantitative estimate of drug-likeness (QED) is 0.0776. The fraction of sp³-hybridized carbons (Fsp3) is 0.457. The van der Waals surface area contributed by atoms with Gasteiger partial charge >= 0.3 is 12.1 Å². The fourth-order valence-electron chi connectivity index (χ4n) is 4.65. The Hall–Kier alpha value is -4.40. The van der Waals surface area contributed by atoms with E-state index in [1.807, 2.05) is 57.3 Å². The van der Waals surface area contributed by atoms with Crippen molar-refractivity contribution in [2.45, 2.75) is 78.3 Å². The summed E-state index contributed by atoms with van der Waals surface area (Å²) in [6.45, 7) is 15.2. The first kappa shape index (κ1) is 39.0. The number of aromatic amines is 1. The van der Waals surface area contributed by atoms with Gasteiger partial charge in [0, 0.05) is 42.3 Å². The third-order valence-electron chi connectivity index (χ3n) is 7.26. The molecular weight excluding hydrogens is 637 g/mol. The molecule has 0 bridgehead atoms. The molecule has 268 valence electrons. The summed E-state index contributed by atoms with van der Waals surface area (Å²) in [5, 5.41) is 4.27.